The molecule has 1 atom stereocenters. The summed E-state index contributed by atoms with van der Waals surface area (Å²) in [5.41, 5.74) is 9.37. The number of alkyl halides is 2. The van der Waals surface area contributed by atoms with Crippen LogP contribution in [0, 0.1) is 11.8 Å². The van der Waals surface area contributed by atoms with Gasteiger partial charge in [-0.25, -0.2) is 23.2 Å². The lowest BCUT2D eigenvalue weighted by atomic mass is 9.92. The number of aliphatic imine (C=N–C) groups is 1. The van der Waals surface area contributed by atoms with Crippen LogP contribution >= 0.6 is 0 Å². The van der Waals surface area contributed by atoms with Gasteiger partial charge in [0.2, 0.25) is 12.3 Å². The van der Waals surface area contributed by atoms with Crippen LogP contribution in [0.25, 0.3) is 0 Å². The minimum Gasteiger partial charge on any atom is -0.382 e. The molecule has 2 fully saturated rings. The van der Waals surface area contributed by atoms with Crippen LogP contribution in [0.3, 0.4) is 0 Å². The van der Waals surface area contributed by atoms with Gasteiger partial charge < -0.3 is 11.1 Å². The number of carbonyl (C=O) groups excluding carboxylic acids is 2. The highest BCUT2D eigenvalue weighted by molar-refractivity contribution is 5.84. The number of carbonyl (C=O) groups is 2. The first-order valence-corrected chi connectivity index (χ1v) is 10.2. The second-order valence-corrected chi connectivity index (χ2v) is 7.82. The van der Waals surface area contributed by atoms with Crippen molar-refractivity contribution in [3.63, 3.8) is 0 Å². The Bertz CT molecular complexity index is 721. The average Bonchev–Trinajstić information content (AvgIpc) is 3.40. The number of hydrogen-bond donors (Lipinski definition) is 5. The molecule has 2 rings (SSSR count). The minimum atomic E-state index is -3.13. The van der Waals surface area contributed by atoms with Crippen molar-refractivity contribution in [2.24, 2.45) is 22.6 Å². The molecule has 2 aliphatic carbocycles. The molecule has 9 nitrogen and oxygen atoms in total. The third-order valence-corrected chi connectivity index (χ3v) is 5.19. The van der Waals surface area contributed by atoms with E-state index in [0.29, 0.717) is 11.5 Å². The molecule has 12 heteroatoms. The Balaban J connectivity index is 2.11. The molecule has 0 aliphatic heterocycles. The van der Waals surface area contributed by atoms with E-state index in [1.54, 1.807) is 0 Å². The zero-order valence-electron chi connectivity index (χ0n) is 17.1. The molecule has 0 radical (unpaired) electrons. The first kappa shape index (κ1) is 24.5. The van der Waals surface area contributed by atoms with Crippen LogP contribution in [0.1, 0.15) is 44.9 Å². The number of rotatable bonds is 13. The summed E-state index contributed by atoms with van der Waals surface area (Å²) >= 11 is 0. The number of nitrogens with zero attached hydrogens (tertiary/aromatic N) is 2. The fourth-order valence-corrected chi connectivity index (χ4v) is 3.39. The highest BCUT2D eigenvalue weighted by Gasteiger charge is 2.28. The van der Waals surface area contributed by atoms with Gasteiger partial charge in [-0.2, -0.15) is 0 Å². The van der Waals surface area contributed by atoms with Gasteiger partial charge in [-0.05, 0) is 25.2 Å². The van der Waals surface area contributed by atoms with Crippen molar-refractivity contribution < 1.29 is 28.0 Å². The monoisotopic (exact) mass is 446 g/mol. The summed E-state index contributed by atoms with van der Waals surface area (Å²) in [5, 5.41) is 12.6. The standard InChI is InChI=1S/C19H29F3N6O3/c1-11(24-14-6-7-14)15(20)18(25-17(23)16(21)22)26-27-19(30)13(9-28(31)10-29)8-12-4-2-3-5-12/h10,12-14,16,24,26,31H,1-9H2,(H2,23,25)(H,27,30)/b18-15-/t13-/m1/s1. The molecule has 0 bridgehead atoms. The predicted octanol–water partition coefficient (Wildman–Crippen LogP) is 1.68. The number of nitrogens with one attached hydrogen (secondary N) is 3. The Morgan fingerprint density at radius 3 is 2.45 bits per heavy atom. The molecule has 0 unspecified atom stereocenters. The zero-order chi connectivity index (χ0) is 23.0. The molecule has 174 valence electrons. The highest BCUT2D eigenvalue weighted by Crippen LogP contribution is 2.30. The van der Waals surface area contributed by atoms with Crippen LogP contribution in [0.15, 0.2) is 28.9 Å². The van der Waals surface area contributed by atoms with E-state index >= 15 is 0 Å². The highest BCUT2D eigenvalue weighted by atomic mass is 19.3. The third kappa shape index (κ3) is 8.12. The van der Waals surface area contributed by atoms with Crippen LogP contribution in [0.4, 0.5) is 13.2 Å². The van der Waals surface area contributed by atoms with Gasteiger partial charge in [0.25, 0.3) is 6.43 Å². The molecule has 0 aromatic rings. The fraction of sp³-hybridized carbons (Fsp3) is 0.632. The first-order chi connectivity index (χ1) is 14.7. The number of hydrogen-bond acceptors (Lipinski definition) is 6. The van der Waals surface area contributed by atoms with Gasteiger partial charge in [-0.3, -0.25) is 25.6 Å². The molecule has 0 aromatic heterocycles. The summed E-state index contributed by atoms with van der Waals surface area (Å²) in [6, 6.07) is 0.0418. The Morgan fingerprint density at radius 2 is 1.90 bits per heavy atom. The van der Waals surface area contributed by atoms with E-state index < -0.39 is 35.7 Å². The SMILES string of the molecule is C=C(NC1CC1)/C(F)=C(\N=C(N)C(F)F)NNC(=O)[C@H](CC1CCCC1)CN(O)C=O. The van der Waals surface area contributed by atoms with Crippen molar-refractivity contribution in [1.29, 1.82) is 0 Å². The van der Waals surface area contributed by atoms with E-state index in [-0.39, 0.29) is 30.6 Å². The number of hydroxylamine groups is 2. The second kappa shape index (κ2) is 11.6. The average molecular weight is 446 g/mol. The van der Waals surface area contributed by atoms with Crippen molar-refractivity contribution in [2.75, 3.05) is 6.54 Å². The van der Waals surface area contributed by atoms with Gasteiger partial charge in [-0.15, -0.1) is 0 Å². The van der Waals surface area contributed by atoms with Crippen LogP contribution in [-0.2, 0) is 9.59 Å². The van der Waals surface area contributed by atoms with E-state index in [1.165, 1.54) is 0 Å². The molecule has 31 heavy (non-hydrogen) atoms. The van der Waals surface area contributed by atoms with Crippen molar-refractivity contribution in [3.05, 3.63) is 23.9 Å². The van der Waals surface area contributed by atoms with Crippen LogP contribution in [0.5, 0.6) is 0 Å². The summed E-state index contributed by atoms with van der Waals surface area (Å²) < 4.78 is 40.3. The van der Waals surface area contributed by atoms with Crippen LogP contribution in [-0.4, -0.2) is 47.4 Å². The lowest BCUT2D eigenvalue weighted by Crippen LogP contribution is -2.45. The van der Waals surface area contributed by atoms with Gasteiger partial charge in [-0.1, -0.05) is 32.3 Å². The maximum atomic E-state index is 14.7. The van der Waals surface area contributed by atoms with Crippen LogP contribution in [0.2, 0.25) is 0 Å². The molecule has 0 heterocycles. The van der Waals surface area contributed by atoms with Gasteiger partial charge in [0, 0.05) is 6.04 Å². The van der Waals surface area contributed by atoms with Gasteiger partial charge >= 0.3 is 0 Å². The zero-order valence-corrected chi connectivity index (χ0v) is 17.1. The van der Waals surface area contributed by atoms with Crippen molar-refractivity contribution in [2.45, 2.75) is 57.4 Å². The summed E-state index contributed by atoms with van der Waals surface area (Å²) in [5.74, 6) is -4.18. The molecule has 2 aliphatic rings. The van der Waals surface area contributed by atoms with Crippen LogP contribution < -0.4 is 21.9 Å². The third-order valence-electron chi connectivity index (χ3n) is 5.19. The molecule has 0 spiro atoms. The lowest BCUT2D eigenvalue weighted by Gasteiger charge is -2.23. The largest absolute Gasteiger partial charge is 0.382 e. The maximum absolute atomic E-state index is 14.7. The molecular formula is C19H29F3N6O3. The van der Waals surface area contributed by atoms with Gasteiger partial charge in [0.05, 0.1) is 18.2 Å². The Labute approximate surface area is 178 Å². The molecular weight excluding hydrogens is 417 g/mol. The predicted molar refractivity (Wildman–Crippen MR) is 107 cm³/mol. The number of hydrazine groups is 1. The summed E-state index contributed by atoms with van der Waals surface area (Å²) in [4.78, 5) is 26.8. The normalized spacial score (nSPS) is 18.9. The first-order valence-electron chi connectivity index (χ1n) is 10.2. The summed E-state index contributed by atoms with van der Waals surface area (Å²) in [7, 11) is 0. The Morgan fingerprint density at radius 1 is 1.26 bits per heavy atom. The number of nitrogens with two attached hydrogens (primary N) is 1. The van der Waals surface area contributed by atoms with Crippen molar-refractivity contribution in [3.8, 4) is 0 Å². The second-order valence-electron chi connectivity index (χ2n) is 7.82. The topological polar surface area (TPSA) is 132 Å². The number of allylic oxidation sites excluding steroid dienone is 1. The van der Waals surface area contributed by atoms with Gasteiger partial charge in [0.1, 0.15) is 0 Å². The molecule has 6 N–H and O–H groups in total. The fourth-order valence-electron chi connectivity index (χ4n) is 3.39. The summed E-state index contributed by atoms with van der Waals surface area (Å²) in [6.07, 6.45) is 3.00. The molecule has 0 saturated heterocycles. The number of amides is 2. The smallest absolute Gasteiger partial charge is 0.294 e. The molecule has 2 saturated carbocycles. The van der Waals surface area contributed by atoms with Crippen molar-refractivity contribution >= 4 is 18.2 Å². The molecule has 0 aromatic carbocycles. The summed E-state index contributed by atoms with van der Waals surface area (Å²) in [6.45, 7) is 3.25. The number of amidine groups is 1. The Kier molecular flexibility index (Phi) is 9.16. The van der Waals surface area contributed by atoms with E-state index in [1.807, 2.05) is 0 Å². The quantitative estimate of drug-likeness (QED) is 0.0730. The molecule has 2 amide bonds. The van der Waals surface area contributed by atoms with Gasteiger partial charge in [0.15, 0.2) is 17.5 Å². The Hall–Kier alpha value is -2.76. The van der Waals surface area contributed by atoms with E-state index in [4.69, 9.17) is 5.73 Å². The minimum absolute atomic E-state index is 0.0418. The lowest BCUT2D eigenvalue weighted by molar-refractivity contribution is -0.155. The van der Waals surface area contributed by atoms with Crippen molar-refractivity contribution in [1.82, 2.24) is 21.2 Å². The van der Waals surface area contributed by atoms with E-state index in [2.05, 4.69) is 27.7 Å². The van der Waals surface area contributed by atoms with E-state index in [0.717, 1.165) is 38.5 Å². The maximum Gasteiger partial charge on any atom is 0.294 e. The van der Waals surface area contributed by atoms with E-state index in [9.17, 15) is 28.0 Å². The number of halogens is 3.